The van der Waals surface area contributed by atoms with Gasteiger partial charge in [0.15, 0.2) is 0 Å². The molecule has 0 N–H and O–H groups in total. The summed E-state index contributed by atoms with van der Waals surface area (Å²) in [5.74, 6) is 1.80. The zero-order chi connectivity index (χ0) is 26.2. The number of rotatable bonds is 6. The van der Waals surface area contributed by atoms with Crippen molar-refractivity contribution in [3.63, 3.8) is 0 Å². The number of anilines is 4. The second-order valence-corrected chi connectivity index (χ2v) is 9.17. The molecule has 200 valence electrons. The number of para-hydroxylation sites is 2. The Kier molecular flexibility index (Phi) is 7.02. The minimum absolute atomic E-state index is 0. The van der Waals surface area contributed by atoms with Gasteiger partial charge < -0.3 is 23.9 Å². The summed E-state index contributed by atoms with van der Waals surface area (Å²) in [5.41, 5.74) is 4.01. The van der Waals surface area contributed by atoms with Gasteiger partial charge in [-0.2, -0.15) is 12.7 Å². The first-order chi connectivity index (χ1) is 19.2. The van der Waals surface area contributed by atoms with Gasteiger partial charge in [0.1, 0.15) is 11.4 Å². The van der Waals surface area contributed by atoms with Crippen molar-refractivity contribution in [1.29, 1.82) is 0 Å². The van der Waals surface area contributed by atoms with Crippen molar-refractivity contribution < 1.29 is 30.2 Å². The normalized spacial score (nSPS) is 12.6. The van der Waals surface area contributed by atoms with E-state index < -0.39 is 0 Å². The fourth-order valence-electron chi connectivity index (χ4n) is 4.72. The Morgan fingerprint density at radius 1 is 0.850 bits per heavy atom. The third kappa shape index (κ3) is 4.83. The molecule has 40 heavy (non-hydrogen) atoms. The van der Waals surface area contributed by atoms with Gasteiger partial charge in [-0.3, -0.25) is 0 Å². The van der Waals surface area contributed by atoms with Gasteiger partial charge in [0, 0.05) is 44.1 Å². The summed E-state index contributed by atoms with van der Waals surface area (Å²) in [4.78, 5) is 10.7. The summed E-state index contributed by atoms with van der Waals surface area (Å²) in [5, 5.41) is 1.93. The molecular weight excluding hydrogens is 679 g/mol. The number of pyridine rings is 1. The van der Waals surface area contributed by atoms with E-state index in [9.17, 15) is 0 Å². The SMILES string of the molecule is CN1C=CN(c2[c-]c(Oc3[c-]c(N(c4ccccc4)c4ccccn4)cc4c3oc3ccccc34)ccc2)[CH-]1.[Pt]. The first kappa shape index (κ1) is 25.7. The predicted octanol–water partition coefficient (Wildman–Crippen LogP) is 8.18. The number of fused-ring (bicyclic) bond motifs is 3. The van der Waals surface area contributed by atoms with Crippen molar-refractivity contribution in [2.24, 2.45) is 0 Å². The third-order valence-electron chi connectivity index (χ3n) is 6.51. The van der Waals surface area contributed by atoms with Crippen LogP contribution in [-0.2, 0) is 21.1 Å². The molecule has 2 aromatic heterocycles. The molecule has 0 bridgehead atoms. The Bertz CT molecular complexity index is 1760. The number of nitrogens with zero attached hydrogens (tertiary/aromatic N) is 4. The Balaban J connectivity index is 0.00000289. The maximum atomic E-state index is 6.48. The van der Waals surface area contributed by atoms with Crippen LogP contribution < -0.4 is 14.5 Å². The van der Waals surface area contributed by atoms with Gasteiger partial charge in [0.25, 0.3) is 0 Å². The number of hydrogen-bond donors (Lipinski definition) is 0. The van der Waals surface area contributed by atoms with Gasteiger partial charge in [-0.15, -0.1) is 36.0 Å². The molecule has 0 atom stereocenters. The summed E-state index contributed by atoms with van der Waals surface area (Å²) < 4.78 is 12.8. The van der Waals surface area contributed by atoms with E-state index in [-0.39, 0.29) is 21.1 Å². The summed E-state index contributed by atoms with van der Waals surface area (Å²) in [6.45, 7) is 1.98. The second kappa shape index (κ2) is 10.9. The molecule has 4 aromatic carbocycles. The number of benzene rings is 4. The largest absolute Gasteiger partial charge is 0.512 e. The van der Waals surface area contributed by atoms with Crippen LogP contribution in [0.1, 0.15) is 0 Å². The van der Waals surface area contributed by atoms with Crippen LogP contribution in [0.3, 0.4) is 0 Å². The van der Waals surface area contributed by atoms with Crippen molar-refractivity contribution in [2.75, 3.05) is 16.8 Å². The molecule has 6 nitrogen and oxygen atoms in total. The van der Waals surface area contributed by atoms with Crippen LogP contribution in [0.4, 0.5) is 22.9 Å². The topological polar surface area (TPSA) is 45.0 Å². The van der Waals surface area contributed by atoms with Crippen LogP contribution in [0.15, 0.2) is 120 Å². The van der Waals surface area contributed by atoms with Crippen LogP contribution in [0.2, 0.25) is 0 Å². The zero-order valence-electron chi connectivity index (χ0n) is 21.5. The fraction of sp³-hybridized carbons (Fsp3) is 0.0303. The zero-order valence-corrected chi connectivity index (χ0v) is 23.7. The van der Waals surface area contributed by atoms with Crippen LogP contribution >= 0.6 is 0 Å². The standard InChI is InChI=1S/C33H23N4O2.Pt/c1-35-18-19-36(23-35)25-12-9-13-27(20-25)38-31-22-26(21-29-28-14-5-6-15-30(28)39-33(29)31)37(24-10-3-2-4-11-24)32-16-7-8-17-34-32;/h2-19,21,23H,1H3;/q-3;. The van der Waals surface area contributed by atoms with Gasteiger partial charge >= 0.3 is 0 Å². The van der Waals surface area contributed by atoms with E-state index in [2.05, 4.69) is 46.3 Å². The molecule has 0 aliphatic carbocycles. The molecule has 1 aliphatic rings. The van der Waals surface area contributed by atoms with Gasteiger partial charge in [0.05, 0.1) is 11.3 Å². The number of aromatic nitrogens is 1. The van der Waals surface area contributed by atoms with Gasteiger partial charge in [0.2, 0.25) is 0 Å². The summed E-state index contributed by atoms with van der Waals surface area (Å²) in [6, 6.07) is 38.8. The van der Waals surface area contributed by atoms with E-state index in [1.165, 1.54) is 0 Å². The summed E-state index contributed by atoms with van der Waals surface area (Å²) in [7, 11) is 1.98. The molecule has 0 amide bonds. The second-order valence-electron chi connectivity index (χ2n) is 9.17. The van der Waals surface area contributed by atoms with E-state index in [1.54, 1.807) is 6.20 Å². The van der Waals surface area contributed by atoms with Crippen molar-refractivity contribution in [3.05, 3.63) is 134 Å². The third-order valence-corrected chi connectivity index (χ3v) is 6.51. The summed E-state index contributed by atoms with van der Waals surface area (Å²) in [6.07, 6.45) is 5.74. The Labute approximate surface area is 247 Å². The van der Waals surface area contributed by atoms with Crippen LogP contribution in [0.25, 0.3) is 21.9 Å². The van der Waals surface area contributed by atoms with Crippen molar-refractivity contribution >= 4 is 44.8 Å². The molecule has 7 heteroatoms. The maximum absolute atomic E-state index is 6.48. The minimum atomic E-state index is 0. The number of hydrogen-bond acceptors (Lipinski definition) is 6. The maximum Gasteiger partial charge on any atom is 0.135 e. The molecule has 0 spiro atoms. The molecule has 1 aliphatic heterocycles. The van der Waals surface area contributed by atoms with E-state index in [0.717, 1.165) is 39.2 Å². The molecular formula is C33H23N4O2Pt-3. The Morgan fingerprint density at radius 3 is 2.48 bits per heavy atom. The average molecular weight is 703 g/mol. The first-order valence-corrected chi connectivity index (χ1v) is 12.6. The van der Waals surface area contributed by atoms with Gasteiger partial charge in [-0.25, -0.2) is 4.98 Å². The molecule has 0 saturated carbocycles. The van der Waals surface area contributed by atoms with Crippen molar-refractivity contribution in [1.82, 2.24) is 9.88 Å². The number of ether oxygens (including phenoxy) is 1. The van der Waals surface area contributed by atoms with Crippen molar-refractivity contribution in [3.8, 4) is 11.5 Å². The monoisotopic (exact) mass is 702 g/mol. The van der Waals surface area contributed by atoms with E-state index >= 15 is 0 Å². The molecule has 3 heterocycles. The average Bonchev–Trinajstić information content (AvgIpc) is 3.59. The van der Waals surface area contributed by atoms with Crippen LogP contribution in [-0.4, -0.2) is 16.9 Å². The predicted molar refractivity (Wildman–Crippen MR) is 154 cm³/mol. The Hall–Kier alpha value is -4.54. The molecule has 0 saturated heterocycles. The fourth-order valence-corrected chi connectivity index (χ4v) is 4.72. The smallest absolute Gasteiger partial charge is 0.135 e. The molecule has 6 aromatic rings. The quantitative estimate of drug-likeness (QED) is 0.163. The molecule has 0 radical (unpaired) electrons. The molecule has 7 rings (SSSR count). The molecule has 0 fully saturated rings. The van der Waals surface area contributed by atoms with E-state index in [1.807, 2.05) is 109 Å². The molecule has 0 unspecified atom stereocenters. The van der Waals surface area contributed by atoms with E-state index in [0.29, 0.717) is 17.1 Å². The Morgan fingerprint density at radius 2 is 1.68 bits per heavy atom. The van der Waals surface area contributed by atoms with Crippen LogP contribution in [0.5, 0.6) is 11.5 Å². The number of furan rings is 1. The minimum Gasteiger partial charge on any atom is -0.512 e. The first-order valence-electron chi connectivity index (χ1n) is 12.6. The van der Waals surface area contributed by atoms with Crippen LogP contribution in [0, 0.1) is 18.8 Å². The van der Waals surface area contributed by atoms with Crippen molar-refractivity contribution in [2.45, 2.75) is 0 Å². The van der Waals surface area contributed by atoms with Gasteiger partial charge in [-0.05, 0) is 49.8 Å². The summed E-state index contributed by atoms with van der Waals surface area (Å²) >= 11 is 0. The van der Waals surface area contributed by atoms with E-state index in [4.69, 9.17) is 9.15 Å². The van der Waals surface area contributed by atoms with Gasteiger partial charge in [-0.1, -0.05) is 53.5 Å².